The van der Waals surface area contributed by atoms with E-state index in [0.29, 0.717) is 30.0 Å². The molecule has 1 amide bonds. The number of piperidine rings is 1. The van der Waals surface area contributed by atoms with E-state index in [1.807, 2.05) is 6.92 Å². The zero-order valence-electron chi connectivity index (χ0n) is 11.0. The predicted molar refractivity (Wildman–Crippen MR) is 80.0 cm³/mol. The maximum Gasteiger partial charge on any atom is 0.306 e. The van der Waals surface area contributed by atoms with Gasteiger partial charge in [0.25, 0.3) is 5.91 Å². The van der Waals surface area contributed by atoms with Crippen LogP contribution in [0.25, 0.3) is 0 Å². The summed E-state index contributed by atoms with van der Waals surface area (Å²) >= 11 is 9.27. The molecule has 1 fully saturated rings. The maximum atomic E-state index is 12.5. The number of carboxylic acids is 1. The molecule has 0 bridgehead atoms. The largest absolute Gasteiger partial charge is 0.481 e. The second-order valence-electron chi connectivity index (χ2n) is 5.07. The summed E-state index contributed by atoms with van der Waals surface area (Å²) in [6, 6.07) is 4.99. The number of rotatable bonds is 2. The molecule has 0 aliphatic carbocycles. The predicted octanol–water partition coefficient (Wildman–Crippen LogP) is 3.43. The molecule has 1 saturated heterocycles. The number of carbonyl (C=O) groups is 2. The molecule has 1 aliphatic heterocycles. The van der Waals surface area contributed by atoms with Gasteiger partial charge in [-0.25, -0.2) is 0 Å². The molecule has 0 saturated carbocycles. The van der Waals surface area contributed by atoms with E-state index in [-0.39, 0.29) is 17.9 Å². The van der Waals surface area contributed by atoms with Crippen LogP contribution in [-0.2, 0) is 4.79 Å². The minimum Gasteiger partial charge on any atom is -0.481 e. The number of halogens is 2. The van der Waals surface area contributed by atoms with Crippen molar-refractivity contribution in [3.8, 4) is 0 Å². The van der Waals surface area contributed by atoms with Gasteiger partial charge in [0.2, 0.25) is 0 Å². The van der Waals surface area contributed by atoms with E-state index in [0.717, 1.165) is 4.47 Å². The Morgan fingerprint density at radius 2 is 2.10 bits per heavy atom. The lowest BCUT2D eigenvalue weighted by Gasteiger charge is -2.36. The number of carboxylic acid groups (broad SMARTS) is 1. The summed E-state index contributed by atoms with van der Waals surface area (Å²) < 4.78 is 0.751. The molecule has 20 heavy (non-hydrogen) atoms. The van der Waals surface area contributed by atoms with Crippen LogP contribution in [0.5, 0.6) is 0 Å². The molecule has 0 aromatic heterocycles. The fourth-order valence-corrected chi connectivity index (χ4v) is 3.40. The number of benzene rings is 1. The van der Waals surface area contributed by atoms with E-state index in [2.05, 4.69) is 15.9 Å². The lowest BCUT2D eigenvalue weighted by molar-refractivity contribution is -0.143. The van der Waals surface area contributed by atoms with Gasteiger partial charge in [-0.05, 0) is 38.0 Å². The molecular formula is C14H15BrClNO3. The molecule has 1 aliphatic rings. The third kappa shape index (κ3) is 3.33. The molecule has 0 radical (unpaired) electrons. The molecule has 1 aromatic rings. The van der Waals surface area contributed by atoms with Gasteiger partial charge in [-0.15, -0.1) is 0 Å². The number of carbonyl (C=O) groups excluding carboxylic acids is 1. The molecule has 1 heterocycles. The Hall–Kier alpha value is -1.07. The molecular weight excluding hydrogens is 346 g/mol. The molecule has 6 heteroatoms. The number of likely N-dealkylation sites (tertiary alicyclic amines) is 1. The molecule has 1 aromatic carbocycles. The summed E-state index contributed by atoms with van der Waals surface area (Å²) in [5.74, 6) is -1.25. The third-order valence-electron chi connectivity index (χ3n) is 3.60. The van der Waals surface area contributed by atoms with Gasteiger partial charge >= 0.3 is 5.97 Å². The lowest BCUT2D eigenvalue weighted by atomic mass is 9.91. The van der Waals surface area contributed by atoms with Crippen molar-refractivity contribution in [2.75, 3.05) is 6.54 Å². The number of amides is 1. The molecule has 0 spiro atoms. The highest BCUT2D eigenvalue weighted by atomic mass is 79.9. The summed E-state index contributed by atoms with van der Waals surface area (Å²) in [5.41, 5.74) is 0.519. The fraction of sp³-hybridized carbons (Fsp3) is 0.429. The summed E-state index contributed by atoms with van der Waals surface area (Å²) in [6.07, 6.45) is 0.982. The van der Waals surface area contributed by atoms with Crippen LogP contribution in [0.15, 0.2) is 22.7 Å². The van der Waals surface area contributed by atoms with E-state index >= 15 is 0 Å². The van der Waals surface area contributed by atoms with Gasteiger partial charge < -0.3 is 10.0 Å². The van der Waals surface area contributed by atoms with Crippen LogP contribution in [0, 0.1) is 5.92 Å². The van der Waals surface area contributed by atoms with Gasteiger partial charge in [-0.1, -0.05) is 27.5 Å². The Kier molecular flexibility index (Phi) is 4.70. The number of hydrogen-bond acceptors (Lipinski definition) is 2. The van der Waals surface area contributed by atoms with E-state index in [9.17, 15) is 9.59 Å². The highest BCUT2D eigenvalue weighted by molar-refractivity contribution is 9.10. The molecule has 4 nitrogen and oxygen atoms in total. The summed E-state index contributed by atoms with van der Waals surface area (Å²) in [4.78, 5) is 25.2. The third-order valence-corrected chi connectivity index (χ3v) is 4.27. The zero-order chi connectivity index (χ0) is 14.9. The van der Waals surface area contributed by atoms with E-state index < -0.39 is 5.97 Å². The molecule has 1 N–H and O–H groups in total. The summed E-state index contributed by atoms with van der Waals surface area (Å²) in [7, 11) is 0. The standard InChI is InChI=1S/C14H15BrClNO3/c1-8-4-9(14(19)20)2-3-17(8)13(18)10-5-11(15)7-12(16)6-10/h5-9H,2-4H2,1H3,(H,19,20). The highest BCUT2D eigenvalue weighted by Crippen LogP contribution is 2.26. The molecule has 2 rings (SSSR count). The van der Waals surface area contributed by atoms with Gasteiger partial charge in [0.05, 0.1) is 5.92 Å². The monoisotopic (exact) mass is 359 g/mol. The quantitative estimate of drug-likeness (QED) is 0.879. The summed E-state index contributed by atoms with van der Waals surface area (Å²) in [6.45, 7) is 2.34. The van der Waals surface area contributed by atoms with Crippen molar-refractivity contribution in [3.05, 3.63) is 33.3 Å². The SMILES string of the molecule is CC1CC(C(=O)O)CCN1C(=O)c1cc(Cl)cc(Br)c1. The topological polar surface area (TPSA) is 57.6 Å². The number of aliphatic carboxylic acids is 1. The van der Waals surface area contributed by atoms with Gasteiger partial charge in [0.1, 0.15) is 0 Å². The first kappa shape index (κ1) is 15.3. The van der Waals surface area contributed by atoms with Crippen molar-refractivity contribution in [1.82, 2.24) is 4.90 Å². The first-order valence-electron chi connectivity index (χ1n) is 6.38. The van der Waals surface area contributed by atoms with Crippen molar-refractivity contribution in [1.29, 1.82) is 0 Å². The van der Waals surface area contributed by atoms with E-state index in [1.165, 1.54) is 0 Å². The second-order valence-corrected chi connectivity index (χ2v) is 6.42. The second kappa shape index (κ2) is 6.14. The van der Waals surface area contributed by atoms with Crippen molar-refractivity contribution in [2.45, 2.75) is 25.8 Å². The average Bonchev–Trinajstić information content (AvgIpc) is 2.36. The van der Waals surface area contributed by atoms with Gasteiger partial charge in [-0.2, -0.15) is 0 Å². The Morgan fingerprint density at radius 3 is 2.65 bits per heavy atom. The normalized spacial score (nSPS) is 22.6. The van der Waals surface area contributed by atoms with Crippen LogP contribution in [0.2, 0.25) is 5.02 Å². The Bertz CT molecular complexity index is 529. The average molecular weight is 361 g/mol. The number of nitrogens with zero attached hydrogens (tertiary/aromatic N) is 1. The molecule has 108 valence electrons. The van der Waals surface area contributed by atoms with Crippen LogP contribution in [0.3, 0.4) is 0 Å². The lowest BCUT2D eigenvalue weighted by Crippen LogP contribution is -2.46. The van der Waals surface area contributed by atoms with Crippen molar-refractivity contribution < 1.29 is 14.7 Å². The van der Waals surface area contributed by atoms with E-state index in [1.54, 1.807) is 23.1 Å². The van der Waals surface area contributed by atoms with Crippen molar-refractivity contribution >= 4 is 39.4 Å². The Labute approximate surface area is 130 Å². The highest BCUT2D eigenvalue weighted by Gasteiger charge is 2.32. The first-order valence-corrected chi connectivity index (χ1v) is 7.55. The van der Waals surface area contributed by atoms with Crippen LogP contribution < -0.4 is 0 Å². The van der Waals surface area contributed by atoms with E-state index in [4.69, 9.17) is 16.7 Å². The van der Waals surface area contributed by atoms with Crippen LogP contribution in [-0.4, -0.2) is 34.5 Å². The first-order chi connectivity index (χ1) is 9.38. The number of hydrogen-bond donors (Lipinski definition) is 1. The van der Waals surface area contributed by atoms with Gasteiger partial charge in [0.15, 0.2) is 0 Å². The Balaban J connectivity index is 2.15. The van der Waals surface area contributed by atoms with Crippen molar-refractivity contribution in [3.63, 3.8) is 0 Å². The molecule has 2 unspecified atom stereocenters. The molecule has 2 atom stereocenters. The van der Waals surface area contributed by atoms with Crippen LogP contribution in [0.4, 0.5) is 0 Å². The summed E-state index contributed by atoms with van der Waals surface area (Å²) in [5, 5.41) is 9.54. The van der Waals surface area contributed by atoms with Crippen molar-refractivity contribution in [2.24, 2.45) is 5.92 Å². The van der Waals surface area contributed by atoms with Gasteiger partial charge in [-0.3, -0.25) is 9.59 Å². The Morgan fingerprint density at radius 1 is 1.40 bits per heavy atom. The van der Waals surface area contributed by atoms with Crippen LogP contribution in [0.1, 0.15) is 30.1 Å². The minimum absolute atomic E-state index is 0.0879. The van der Waals surface area contributed by atoms with Crippen LogP contribution >= 0.6 is 27.5 Å². The smallest absolute Gasteiger partial charge is 0.306 e. The maximum absolute atomic E-state index is 12.5. The minimum atomic E-state index is -0.783. The fourth-order valence-electron chi connectivity index (χ4n) is 2.54. The van der Waals surface area contributed by atoms with Gasteiger partial charge in [0, 0.05) is 27.6 Å². The zero-order valence-corrected chi connectivity index (χ0v) is 13.3.